The van der Waals surface area contributed by atoms with Gasteiger partial charge >= 0.3 is 0 Å². The molecule has 1 aliphatic rings. The van der Waals surface area contributed by atoms with Crippen LogP contribution in [0.4, 0.5) is 4.39 Å². The molecule has 0 fully saturated rings. The molecule has 2 aromatic carbocycles. The van der Waals surface area contributed by atoms with E-state index in [0.29, 0.717) is 24.6 Å². The highest BCUT2D eigenvalue weighted by atomic mass is 19.1. The number of hydrogen-bond donors (Lipinski definition) is 0. The fourth-order valence-corrected chi connectivity index (χ4v) is 3.10. The summed E-state index contributed by atoms with van der Waals surface area (Å²) in [5.74, 6) is 0.445. The van der Waals surface area contributed by atoms with Gasteiger partial charge in [0.2, 0.25) is 5.90 Å². The Kier molecular flexibility index (Phi) is 4.34. The van der Waals surface area contributed by atoms with Gasteiger partial charge in [-0.15, -0.1) is 0 Å². The van der Waals surface area contributed by atoms with Crippen LogP contribution in [0, 0.1) is 5.82 Å². The summed E-state index contributed by atoms with van der Waals surface area (Å²) < 4.78 is 21.7. The SMILES string of the molecule is Fc1ccccc1Cn1cccc1C1=N[C@@H](Cc2ccccc2)CO1. The van der Waals surface area contributed by atoms with Crippen molar-refractivity contribution < 1.29 is 9.13 Å². The van der Waals surface area contributed by atoms with Crippen LogP contribution >= 0.6 is 0 Å². The minimum atomic E-state index is -0.196. The lowest BCUT2D eigenvalue weighted by atomic mass is 10.1. The number of ether oxygens (including phenoxy) is 1. The lowest BCUT2D eigenvalue weighted by molar-refractivity contribution is 0.315. The lowest BCUT2D eigenvalue weighted by Crippen LogP contribution is -2.11. The van der Waals surface area contributed by atoms with Crippen molar-refractivity contribution in [2.75, 3.05) is 6.61 Å². The summed E-state index contributed by atoms with van der Waals surface area (Å²) in [6.45, 7) is 1.04. The summed E-state index contributed by atoms with van der Waals surface area (Å²) in [4.78, 5) is 4.73. The van der Waals surface area contributed by atoms with E-state index in [1.165, 1.54) is 11.6 Å². The summed E-state index contributed by atoms with van der Waals surface area (Å²) in [5, 5.41) is 0. The molecule has 1 aliphatic heterocycles. The van der Waals surface area contributed by atoms with E-state index in [2.05, 4.69) is 12.1 Å². The molecule has 0 bridgehead atoms. The quantitative estimate of drug-likeness (QED) is 0.691. The molecule has 25 heavy (non-hydrogen) atoms. The van der Waals surface area contributed by atoms with E-state index < -0.39 is 0 Å². The zero-order valence-electron chi connectivity index (χ0n) is 13.8. The molecule has 0 unspecified atom stereocenters. The fourth-order valence-electron chi connectivity index (χ4n) is 3.10. The Balaban J connectivity index is 1.52. The zero-order chi connectivity index (χ0) is 17.1. The van der Waals surface area contributed by atoms with E-state index in [-0.39, 0.29) is 11.9 Å². The molecule has 1 atom stereocenters. The minimum Gasteiger partial charge on any atom is -0.474 e. The molecular weight excluding hydrogens is 315 g/mol. The Hall–Kier alpha value is -2.88. The van der Waals surface area contributed by atoms with Gasteiger partial charge < -0.3 is 9.30 Å². The van der Waals surface area contributed by atoms with Gasteiger partial charge in [0.15, 0.2) is 0 Å². The van der Waals surface area contributed by atoms with Gasteiger partial charge in [-0.05, 0) is 30.2 Å². The molecule has 3 nitrogen and oxygen atoms in total. The molecule has 0 spiro atoms. The Morgan fingerprint density at radius 3 is 2.64 bits per heavy atom. The number of rotatable bonds is 5. The summed E-state index contributed by atoms with van der Waals surface area (Å²) in [6, 6.07) is 21.2. The van der Waals surface area contributed by atoms with Gasteiger partial charge in [0, 0.05) is 11.8 Å². The Labute approximate surface area is 146 Å². The van der Waals surface area contributed by atoms with Gasteiger partial charge in [0.05, 0.1) is 12.6 Å². The van der Waals surface area contributed by atoms with E-state index in [9.17, 15) is 4.39 Å². The predicted molar refractivity (Wildman–Crippen MR) is 96.4 cm³/mol. The Bertz CT molecular complexity index is 886. The third kappa shape index (κ3) is 3.48. The van der Waals surface area contributed by atoms with E-state index in [4.69, 9.17) is 9.73 Å². The van der Waals surface area contributed by atoms with Crippen molar-refractivity contribution >= 4 is 5.90 Å². The molecule has 0 aliphatic carbocycles. The standard InChI is InChI=1S/C21H19FN2O/c22-19-10-5-4-9-17(19)14-24-12-6-11-20(24)21-23-18(15-25-21)13-16-7-2-1-3-8-16/h1-12,18H,13-15H2/t18-/m0/s1. The van der Waals surface area contributed by atoms with Gasteiger partial charge in [-0.25, -0.2) is 9.38 Å². The van der Waals surface area contributed by atoms with E-state index in [1.54, 1.807) is 12.1 Å². The highest BCUT2D eigenvalue weighted by Gasteiger charge is 2.22. The maximum atomic E-state index is 13.9. The van der Waals surface area contributed by atoms with Crippen LogP contribution in [0.5, 0.6) is 0 Å². The second-order valence-electron chi connectivity index (χ2n) is 6.20. The van der Waals surface area contributed by atoms with Gasteiger partial charge in [-0.1, -0.05) is 48.5 Å². The monoisotopic (exact) mass is 334 g/mol. The molecule has 1 aromatic heterocycles. The first-order chi connectivity index (χ1) is 12.3. The van der Waals surface area contributed by atoms with Crippen molar-refractivity contribution in [1.29, 1.82) is 0 Å². The number of halogens is 1. The molecule has 0 saturated heterocycles. The van der Waals surface area contributed by atoms with Crippen LogP contribution in [0.25, 0.3) is 0 Å². The predicted octanol–water partition coefficient (Wildman–Crippen LogP) is 4.06. The Morgan fingerprint density at radius 1 is 1.00 bits per heavy atom. The molecule has 3 aromatic rings. The van der Waals surface area contributed by atoms with Gasteiger partial charge in [0.25, 0.3) is 0 Å². The lowest BCUT2D eigenvalue weighted by Gasteiger charge is -2.09. The van der Waals surface area contributed by atoms with Crippen LogP contribution in [-0.4, -0.2) is 23.1 Å². The molecule has 0 saturated carbocycles. The number of hydrogen-bond acceptors (Lipinski definition) is 2. The van der Waals surface area contributed by atoms with E-state index in [0.717, 1.165) is 12.1 Å². The number of benzene rings is 2. The molecule has 0 amide bonds. The largest absolute Gasteiger partial charge is 0.474 e. The third-order valence-corrected chi connectivity index (χ3v) is 4.37. The molecular formula is C21H19FN2O. The highest BCUT2D eigenvalue weighted by molar-refractivity contribution is 5.93. The molecule has 126 valence electrons. The topological polar surface area (TPSA) is 26.5 Å². The van der Waals surface area contributed by atoms with Crippen LogP contribution in [0.3, 0.4) is 0 Å². The van der Waals surface area contributed by atoms with Crippen molar-refractivity contribution in [1.82, 2.24) is 4.57 Å². The van der Waals surface area contributed by atoms with Crippen LogP contribution in [0.2, 0.25) is 0 Å². The first-order valence-electron chi connectivity index (χ1n) is 8.43. The Morgan fingerprint density at radius 2 is 1.80 bits per heavy atom. The maximum absolute atomic E-state index is 13.9. The normalized spacial score (nSPS) is 16.5. The molecule has 0 N–H and O–H groups in total. The number of aromatic nitrogens is 1. The van der Waals surface area contributed by atoms with Crippen molar-refractivity contribution in [3.8, 4) is 0 Å². The van der Waals surface area contributed by atoms with Crippen molar-refractivity contribution in [2.24, 2.45) is 4.99 Å². The third-order valence-electron chi connectivity index (χ3n) is 4.37. The second-order valence-corrected chi connectivity index (χ2v) is 6.20. The molecule has 0 radical (unpaired) electrons. The minimum absolute atomic E-state index is 0.120. The van der Waals surface area contributed by atoms with Crippen LogP contribution < -0.4 is 0 Å². The average molecular weight is 334 g/mol. The average Bonchev–Trinajstić information content (AvgIpc) is 3.27. The van der Waals surface area contributed by atoms with Crippen LogP contribution in [0.1, 0.15) is 16.8 Å². The summed E-state index contributed by atoms with van der Waals surface area (Å²) >= 11 is 0. The summed E-state index contributed by atoms with van der Waals surface area (Å²) in [7, 11) is 0. The highest BCUT2D eigenvalue weighted by Crippen LogP contribution is 2.18. The zero-order valence-corrected chi connectivity index (χ0v) is 13.8. The fraction of sp³-hybridized carbons (Fsp3) is 0.190. The first-order valence-corrected chi connectivity index (χ1v) is 8.43. The summed E-state index contributed by atoms with van der Waals surface area (Å²) in [5.41, 5.74) is 2.79. The maximum Gasteiger partial charge on any atom is 0.233 e. The van der Waals surface area contributed by atoms with Crippen molar-refractivity contribution in [2.45, 2.75) is 19.0 Å². The molecule has 2 heterocycles. The van der Waals surface area contributed by atoms with Gasteiger partial charge in [-0.2, -0.15) is 0 Å². The van der Waals surface area contributed by atoms with Crippen LogP contribution in [-0.2, 0) is 17.7 Å². The van der Waals surface area contributed by atoms with Crippen LogP contribution in [0.15, 0.2) is 77.9 Å². The smallest absolute Gasteiger partial charge is 0.233 e. The summed E-state index contributed by atoms with van der Waals surface area (Å²) in [6.07, 6.45) is 2.79. The van der Waals surface area contributed by atoms with Gasteiger partial charge in [0.1, 0.15) is 18.1 Å². The second kappa shape index (κ2) is 6.93. The van der Waals surface area contributed by atoms with E-state index >= 15 is 0 Å². The number of aliphatic imine (C=N–C) groups is 1. The van der Waals surface area contributed by atoms with Crippen molar-refractivity contribution in [3.05, 3.63) is 95.6 Å². The van der Waals surface area contributed by atoms with Crippen molar-refractivity contribution in [3.63, 3.8) is 0 Å². The van der Waals surface area contributed by atoms with E-state index in [1.807, 2.05) is 47.2 Å². The number of nitrogens with zero attached hydrogens (tertiary/aromatic N) is 2. The van der Waals surface area contributed by atoms with Gasteiger partial charge in [-0.3, -0.25) is 0 Å². The molecule has 4 heteroatoms. The molecule has 4 rings (SSSR count). The first kappa shape index (κ1) is 15.6.